The van der Waals surface area contributed by atoms with Crippen LogP contribution in [0.4, 0.5) is 11.4 Å². The van der Waals surface area contributed by atoms with E-state index in [1.807, 2.05) is 61.5 Å². The predicted molar refractivity (Wildman–Crippen MR) is 115 cm³/mol. The summed E-state index contributed by atoms with van der Waals surface area (Å²) in [6.45, 7) is 1.96. The minimum atomic E-state index is -1.04. The number of aryl methyl sites for hydroxylation is 1. The zero-order valence-corrected chi connectivity index (χ0v) is 15.9. The van der Waals surface area contributed by atoms with E-state index in [0.717, 1.165) is 16.3 Å². The molecule has 5 nitrogen and oxygen atoms in total. The summed E-state index contributed by atoms with van der Waals surface area (Å²) in [6, 6.07) is 21.0. The van der Waals surface area contributed by atoms with Crippen LogP contribution in [0.25, 0.3) is 10.8 Å². The van der Waals surface area contributed by atoms with Gasteiger partial charge in [0.05, 0.1) is 11.4 Å². The van der Waals surface area contributed by atoms with Gasteiger partial charge >= 0.3 is 0 Å². The van der Waals surface area contributed by atoms with Crippen molar-refractivity contribution in [1.29, 1.82) is 0 Å². The van der Waals surface area contributed by atoms with E-state index in [-0.39, 0.29) is 5.11 Å². The first-order valence-electron chi connectivity index (χ1n) is 8.81. The van der Waals surface area contributed by atoms with E-state index in [0.29, 0.717) is 11.4 Å². The fourth-order valence-electron chi connectivity index (χ4n) is 3.08. The topological polar surface area (TPSA) is 61.8 Å². The van der Waals surface area contributed by atoms with Crippen LogP contribution in [0.15, 0.2) is 71.7 Å². The van der Waals surface area contributed by atoms with Gasteiger partial charge in [-0.05, 0) is 54.2 Å². The first-order chi connectivity index (χ1) is 13.5. The molecule has 0 aromatic heterocycles. The molecule has 0 unspecified atom stereocenters. The third kappa shape index (κ3) is 3.42. The zero-order valence-electron chi connectivity index (χ0n) is 15.1. The summed E-state index contributed by atoms with van der Waals surface area (Å²) in [6.07, 6.45) is 1.38. The summed E-state index contributed by atoms with van der Waals surface area (Å²) in [5.41, 5.74) is 2.36. The number of anilines is 1. The van der Waals surface area contributed by atoms with Crippen LogP contribution in [0.5, 0.6) is 0 Å². The Bertz CT molecular complexity index is 1120. The quantitative estimate of drug-likeness (QED) is 0.421. The summed E-state index contributed by atoms with van der Waals surface area (Å²) in [5, 5.41) is 4.81. The maximum Gasteiger partial charge on any atom is 0.251 e. The van der Waals surface area contributed by atoms with Gasteiger partial charge in [-0.15, -0.1) is 0 Å². The minimum Gasteiger partial charge on any atom is -0.301 e. The van der Waals surface area contributed by atoms with E-state index in [4.69, 9.17) is 12.2 Å². The molecule has 0 saturated carbocycles. The Kier molecular flexibility index (Phi) is 4.71. The van der Waals surface area contributed by atoms with Crippen molar-refractivity contribution in [3.05, 3.63) is 72.3 Å². The monoisotopic (exact) mass is 387 g/mol. The largest absolute Gasteiger partial charge is 0.301 e. The Morgan fingerprint density at radius 2 is 1.71 bits per heavy atom. The fourth-order valence-corrected chi connectivity index (χ4v) is 3.37. The van der Waals surface area contributed by atoms with Crippen molar-refractivity contribution in [3.8, 4) is 0 Å². The first kappa shape index (κ1) is 18.0. The zero-order chi connectivity index (χ0) is 19.7. The molecule has 1 heterocycles. The molecule has 0 aliphatic carbocycles. The number of carbonyl (C=O) groups is 2. The summed E-state index contributed by atoms with van der Waals surface area (Å²) >= 11 is 5.21. The SMILES string of the molecule is Cc1ccc(N2C(=O)[C@@H](C=Nc3ccc4ccccc4c3)C(=O)NC2=S)cc1. The second-order valence-electron chi connectivity index (χ2n) is 6.59. The molecule has 28 heavy (non-hydrogen) atoms. The van der Waals surface area contributed by atoms with Gasteiger partial charge in [0.15, 0.2) is 11.0 Å². The van der Waals surface area contributed by atoms with Gasteiger partial charge in [0.1, 0.15) is 0 Å². The molecular weight excluding hydrogens is 370 g/mol. The Balaban J connectivity index is 1.62. The van der Waals surface area contributed by atoms with E-state index in [1.165, 1.54) is 11.1 Å². The number of rotatable bonds is 3. The lowest BCUT2D eigenvalue weighted by molar-refractivity contribution is -0.130. The Labute approximate surface area is 167 Å². The highest BCUT2D eigenvalue weighted by molar-refractivity contribution is 7.80. The molecule has 1 aliphatic heterocycles. The van der Waals surface area contributed by atoms with Crippen molar-refractivity contribution in [1.82, 2.24) is 5.32 Å². The van der Waals surface area contributed by atoms with Gasteiger partial charge in [-0.1, -0.05) is 48.0 Å². The van der Waals surface area contributed by atoms with Crippen molar-refractivity contribution in [2.45, 2.75) is 6.92 Å². The van der Waals surface area contributed by atoms with Crippen molar-refractivity contribution in [2.24, 2.45) is 10.9 Å². The summed E-state index contributed by atoms with van der Waals surface area (Å²) in [7, 11) is 0. The molecular formula is C22H17N3O2S. The van der Waals surface area contributed by atoms with E-state index in [1.54, 1.807) is 12.1 Å². The third-order valence-corrected chi connectivity index (χ3v) is 4.88. The molecule has 1 atom stereocenters. The molecule has 4 rings (SSSR count). The Morgan fingerprint density at radius 1 is 1.00 bits per heavy atom. The highest BCUT2D eigenvalue weighted by Gasteiger charge is 2.38. The highest BCUT2D eigenvalue weighted by atomic mass is 32.1. The highest BCUT2D eigenvalue weighted by Crippen LogP contribution is 2.23. The van der Waals surface area contributed by atoms with Crippen LogP contribution in [0.1, 0.15) is 5.56 Å². The number of nitrogens with zero attached hydrogens (tertiary/aromatic N) is 2. The molecule has 0 spiro atoms. The molecule has 0 bridgehead atoms. The average Bonchev–Trinajstić information content (AvgIpc) is 2.69. The van der Waals surface area contributed by atoms with Gasteiger partial charge in [0, 0.05) is 6.21 Å². The van der Waals surface area contributed by atoms with Crippen molar-refractivity contribution < 1.29 is 9.59 Å². The summed E-state index contributed by atoms with van der Waals surface area (Å²) < 4.78 is 0. The number of thiocarbonyl (C=S) groups is 1. The number of benzene rings is 3. The van der Waals surface area contributed by atoms with E-state index < -0.39 is 17.7 Å². The van der Waals surface area contributed by atoms with Crippen molar-refractivity contribution >= 4 is 57.5 Å². The number of hydrogen-bond donors (Lipinski definition) is 1. The van der Waals surface area contributed by atoms with Gasteiger partial charge in [0.2, 0.25) is 5.91 Å². The lowest BCUT2D eigenvalue weighted by Gasteiger charge is -2.30. The van der Waals surface area contributed by atoms with E-state index >= 15 is 0 Å². The maximum atomic E-state index is 13.0. The molecule has 1 saturated heterocycles. The Morgan fingerprint density at radius 3 is 2.46 bits per heavy atom. The Hall–Kier alpha value is -3.38. The molecule has 1 fully saturated rings. The van der Waals surface area contributed by atoms with Crippen LogP contribution in [-0.2, 0) is 9.59 Å². The summed E-state index contributed by atoms with van der Waals surface area (Å²) in [5.74, 6) is -1.93. The van der Waals surface area contributed by atoms with E-state index in [9.17, 15) is 9.59 Å². The lowest BCUT2D eigenvalue weighted by Crippen LogP contribution is -2.58. The smallest absolute Gasteiger partial charge is 0.251 e. The van der Waals surface area contributed by atoms with Crippen molar-refractivity contribution in [3.63, 3.8) is 0 Å². The normalized spacial score (nSPS) is 17.4. The van der Waals surface area contributed by atoms with Crippen LogP contribution in [0.2, 0.25) is 0 Å². The fraction of sp³-hybridized carbons (Fsp3) is 0.0909. The molecule has 1 N–H and O–H groups in total. The van der Waals surface area contributed by atoms with Gasteiger partial charge in [-0.3, -0.25) is 19.5 Å². The van der Waals surface area contributed by atoms with Crippen molar-refractivity contribution in [2.75, 3.05) is 4.90 Å². The van der Waals surface area contributed by atoms with Crippen LogP contribution >= 0.6 is 12.2 Å². The molecule has 2 amide bonds. The molecule has 1 aliphatic rings. The number of aliphatic imine (C=N–C) groups is 1. The van der Waals surface area contributed by atoms with Crippen LogP contribution in [0, 0.1) is 12.8 Å². The minimum absolute atomic E-state index is 0.0780. The van der Waals surface area contributed by atoms with E-state index in [2.05, 4.69) is 10.3 Å². The van der Waals surface area contributed by atoms with Gasteiger partial charge in [-0.2, -0.15) is 0 Å². The molecule has 6 heteroatoms. The maximum absolute atomic E-state index is 13.0. The molecule has 3 aromatic rings. The second kappa shape index (κ2) is 7.32. The van der Waals surface area contributed by atoms with Gasteiger partial charge in [0.25, 0.3) is 5.91 Å². The van der Waals surface area contributed by atoms with Gasteiger partial charge < -0.3 is 5.32 Å². The number of carbonyl (C=O) groups excluding carboxylic acids is 2. The predicted octanol–water partition coefficient (Wildman–Crippen LogP) is 3.91. The average molecular weight is 387 g/mol. The number of amides is 2. The second-order valence-corrected chi connectivity index (χ2v) is 6.98. The first-order valence-corrected chi connectivity index (χ1v) is 9.22. The molecule has 0 radical (unpaired) electrons. The van der Waals surface area contributed by atoms with Gasteiger partial charge in [-0.25, -0.2) is 0 Å². The standard InChI is InChI=1S/C22H17N3O2S/c1-14-6-10-18(11-7-14)25-21(27)19(20(26)24-22(25)28)13-23-17-9-8-15-4-2-3-5-16(15)12-17/h2-13,19H,1H3,(H,24,26,28)/t19-/m0/s1. The lowest BCUT2D eigenvalue weighted by atomic mass is 10.1. The number of nitrogens with one attached hydrogen (secondary N) is 1. The molecule has 138 valence electrons. The van der Waals surface area contributed by atoms with Crippen LogP contribution < -0.4 is 10.2 Å². The van der Waals surface area contributed by atoms with Crippen LogP contribution in [0.3, 0.4) is 0 Å². The number of fused-ring (bicyclic) bond motifs is 1. The van der Waals surface area contributed by atoms with Crippen LogP contribution in [-0.4, -0.2) is 23.1 Å². The molecule has 3 aromatic carbocycles. The number of hydrogen-bond acceptors (Lipinski definition) is 4. The third-order valence-electron chi connectivity index (χ3n) is 4.60. The summed E-state index contributed by atoms with van der Waals surface area (Å²) in [4.78, 5) is 31.0.